The summed E-state index contributed by atoms with van der Waals surface area (Å²) >= 11 is 0. The van der Waals surface area contributed by atoms with Crippen molar-refractivity contribution in [3.05, 3.63) is 30.3 Å². The van der Waals surface area contributed by atoms with E-state index in [1.165, 1.54) is 0 Å². The number of aliphatic hydroxyl groups is 1. The monoisotopic (exact) mass is 334 g/mol. The summed E-state index contributed by atoms with van der Waals surface area (Å²) in [5, 5.41) is 13.2. The van der Waals surface area contributed by atoms with Gasteiger partial charge >= 0.3 is 0 Å². The quantitative estimate of drug-likeness (QED) is 0.789. The number of rotatable bonds is 7. The average molecular weight is 334 g/mol. The van der Waals surface area contributed by atoms with E-state index in [4.69, 9.17) is 4.74 Å². The molecule has 6 heteroatoms. The van der Waals surface area contributed by atoms with Crippen molar-refractivity contribution >= 4 is 11.8 Å². The van der Waals surface area contributed by atoms with Gasteiger partial charge < -0.3 is 20.1 Å². The normalized spacial score (nSPS) is 20.5. The number of hydrogen-bond donors (Lipinski definition) is 2. The van der Waals surface area contributed by atoms with Crippen molar-refractivity contribution in [2.45, 2.75) is 37.7 Å². The van der Waals surface area contributed by atoms with E-state index in [0.717, 1.165) is 12.2 Å². The zero-order valence-corrected chi connectivity index (χ0v) is 14.2. The van der Waals surface area contributed by atoms with Gasteiger partial charge in [-0.05, 0) is 31.4 Å². The van der Waals surface area contributed by atoms with Gasteiger partial charge in [0.05, 0.1) is 18.6 Å². The summed E-state index contributed by atoms with van der Waals surface area (Å²) in [6, 6.07) is 9.37. The van der Waals surface area contributed by atoms with Crippen LogP contribution in [0.2, 0.25) is 0 Å². The SMILES string of the molecule is CNC(=O)CCC1(O)CCCN(C(=O)CCOc2ccccc2)C1. The van der Waals surface area contributed by atoms with Crippen LogP contribution in [0.5, 0.6) is 5.75 Å². The molecule has 1 saturated heterocycles. The Morgan fingerprint density at radius 2 is 2.04 bits per heavy atom. The third-order valence-electron chi connectivity index (χ3n) is 4.33. The number of para-hydroxylation sites is 1. The number of carbonyl (C=O) groups is 2. The maximum absolute atomic E-state index is 12.3. The van der Waals surface area contributed by atoms with Crippen molar-refractivity contribution < 1.29 is 19.4 Å². The van der Waals surface area contributed by atoms with Crippen LogP contribution in [-0.4, -0.2) is 54.2 Å². The molecule has 2 rings (SSSR count). The Hall–Kier alpha value is -2.08. The van der Waals surface area contributed by atoms with Crippen LogP contribution in [-0.2, 0) is 9.59 Å². The molecule has 1 fully saturated rings. The number of nitrogens with one attached hydrogen (secondary N) is 1. The van der Waals surface area contributed by atoms with Crippen LogP contribution in [0.3, 0.4) is 0 Å². The Balaban J connectivity index is 1.78. The second-order valence-electron chi connectivity index (χ2n) is 6.23. The standard InChI is InChI=1S/C18H26N2O4/c1-19-16(21)8-11-18(23)10-5-12-20(14-18)17(22)9-13-24-15-6-3-2-4-7-15/h2-4,6-7,23H,5,8-14H2,1H3,(H,19,21). The van der Waals surface area contributed by atoms with Gasteiger partial charge in [-0.3, -0.25) is 9.59 Å². The number of nitrogens with zero attached hydrogens (tertiary/aromatic N) is 1. The minimum absolute atomic E-state index is 0.0241. The molecule has 24 heavy (non-hydrogen) atoms. The van der Waals surface area contributed by atoms with E-state index in [1.54, 1.807) is 11.9 Å². The summed E-state index contributed by atoms with van der Waals surface area (Å²) in [5.74, 6) is 0.623. The second-order valence-corrected chi connectivity index (χ2v) is 6.23. The molecule has 1 aliphatic heterocycles. The number of piperidine rings is 1. The largest absolute Gasteiger partial charge is 0.493 e. The molecular formula is C18H26N2O4. The fourth-order valence-electron chi connectivity index (χ4n) is 2.93. The summed E-state index contributed by atoms with van der Waals surface area (Å²) in [5.41, 5.74) is -0.972. The molecule has 1 unspecified atom stereocenters. The van der Waals surface area contributed by atoms with Crippen molar-refractivity contribution in [3.63, 3.8) is 0 Å². The van der Waals surface area contributed by atoms with Crippen molar-refractivity contribution in [1.29, 1.82) is 0 Å². The number of likely N-dealkylation sites (tertiary alicyclic amines) is 1. The summed E-state index contributed by atoms with van der Waals surface area (Å²) in [4.78, 5) is 25.4. The number of amides is 2. The lowest BCUT2D eigenvalue weighted by molar-refractivity contribution is -0.139. The first-order valence-electron chi connectivity index (χ1n) is 8.41. The predicted molar refractivity (Wildman–Crippen MR) is 90.6 cm³/mol. The summed E-state index contributed by atoms with van der Waals surface area (Å²) in [7, 11) is 1.58. The second kappa shape index (κ2) is 8.68. The molecule has 2 amide bonds. The third kappa shape index (κ3) is 5.53. The first kappa shape index (κ1) is 18.3. The van der Waals surface area contributed by atoms with Crippen LogP contribution < -0.4 is 10.1 Å². The highest BCUT2D eigenvalue weighted by Crippen LogP contribution is 2.26. The van der Waals surface area contributed by atoms with Gasteiger partial charge in [0.15, 0.2) is 0 Å². The Morgan fingerprint density at radius 3 is 2.75 bits per heavy atom. The molecule has 1 atom stereocenters. The summed E-state index contributed by atoms with van der Waals surface area (Å²) < 4.78 is 5.55. The first-order chi connectivity index (χ1) is 11.5. The van der Waals surface area contributed by atoms with Gasteiger partial charge in [-0.2, -0.15) is 0 Å². The lowest BCUT2D eigenvalue weighted by Crippen LogP contribution is -2.50. The Kier molecular flexibility index (Phi) is 6.61. The van der Waals surface area contributed by atoms with Crippen LogP contribution in [0.4, 0.5) is 0 Å². The number of benzene rings is 1. The van der Waals surface area contributed by atoms with Gasteiger partial charge in [-0.25, -0.2) is 0 Å². The Bertz CT molecular complexity index is 549. The molecule has 132 valence electrons. The highest BCUT2D eigenvalue weighted by atomic mass is 16.5. The van der Waals surface area contributed by atoms with Crippen molar-refractivity contribution in [2.24, 2.45) is 0 Å². The van der Waals surface area contributed by atoms with E-state index in [1.807, 2.05) is 30.3 Å². The van der Waals surface area contributed by atoms with E-state index in [-0.39, 0.29) is 31.2 Å². The molecule has 1 aromatic carbocycles. The smallest absolute Gasteiger partial charge is 0.226 e. The predicted octanol–water partition coefficient (Wildman–Crippen LogP) is 1.34. The molecule has 0 aromatic heterocycles. The molecule has 2 N–H and O–H groups in total. The van der Waals surface area contributed by atoms with Crippen molar-refractivity contribution in [2.75, 3.05) is 26.7 Å². The third-order valence-corrected chi connectivity index (χ3v) is 4.33. The molecular weight excluding hydrogens is 308 g/mol. The average Bonchev–Trinajstić information content (AvgIpc) is 2.60. The molecule has 0 spiro atoms. The number of carbonyl (C=O) groups excluding carboxylic acids is 2. The van der Waals surface area contributed by atoms with E-state index >= 15 is 0 Å². The van der Waals surface area contributed by atoms with Crippen molar-refractivity contribution in [3.8, 4) is 5.75 Å². The molecule has 0 bridgehead atoms. The van der Waals surface area contributed by atoms with Crippen LogP contribution in [0.15, 0.2) is 30.3 Å². The van der Waals surface area contributed by atoms with E-state index in [2.05, 4.69) is 5.32 Å². The van der Waals surface area contributed by atoms with Gasteiger partial charge in [0.1, 0.15) is 5.75 Å². The summed E-state index contributed by atoms with van der Waals surface area (Å²) in [6.45, 7) is 1.25. The summed E-state index contributed by atoms with van der Waals surface area (Å²) in [6.07, 6.45) is 2.29. The van der Waals surface area contributed by atoms with E-state index < -0.39 is 5.60 Å². The van der Waals surface area contributed by atoms with Gasteiger partial charge in [-0.15, -0.1) is 0 Å². The number of β-amino-alcohol motifs (C(OH)–C–C–N with tert-alkyl or cyclic N) is 1. The number of ether oxygens (including phenoxy) is 1. The maximum Gasteiger partial charge on any atom is 0.226 e. The van der Waals surface area contributed by atoms with E-state index in [9.17, 15) is 14.7 Å². The molecule has 1 aliphatic rings. The highest BCUT2D eigenvalue weighted by molar-refractivity contribution is 5.77. The highest BCUT2D eigenvalue weighted by Gasteiger charge is 2.35. The Morgan fingerprint density at radius 1 is 1.29 bits per heavy atom. The van der Waals surface area contributed by atoms with Gasteiger partial charge in [0, 0.05) is 26.6 Å². The topological polar surface area (TPSA) is 78.9 Å². The maximum atomic E-state index is 12.3. The number of hydrogen-bond acceptors (Lipinski definition) is 4. The molecule has 0 radical (unpaired) electrons. The molecule has 1 heterocycles. The zero-order valence-electron chi connectivity index (χ0n) is 14.2. The van der Waals surface area contributed by atoms with Crippen LogP contribution in [0, 0.1) is 0 Å². The van der Waals surface area contributed by atoms with Crippen LogP contribution >= 0.6 is 0 Å². The van der Waals surface area contributed by atoms with Gasteiger partial charge in [0.25, 0.3) is 0 Å². The lowest BCUT2D eigenvalue weighted by atomic mass is 9.88. The van der Waals surface area contributed by atoms with Crippen LogP contribution in [0.25, 0.3) is 0 Å². The van der Waals surface area contributed by atoms with Crippen LogP contribution in [0.1, 0.15) is 32.1 Å². The van der Waals surface area contributed by atoms with E-state index in [0.29, 0.717) is 26.0 Å². The molecule has 6 nitrogen and oxygen atoms in total. The van der Waals surface area contributed by atoms with Gasteiger partial charge in [0.2, 0.25) is 11.8 Å². The molecule has 0 saturated carbocycles. The lowest BCUT2D eigenvalue weighted by Gasteiger charge is -2.39. The first-order valence-corrected chi connectivity index (χ1v) is 8.41. The minimum atomic E-state index is -0.972. The fraction of sp³-hybridized carbons (Fsp3) is 0.556. The van der Waals surface area contributed by atoms with Gasteiger partial charge in [-0.1, -0.05) is 18.2 Å². The minimum Gasteiger partial charge on any atom is -0.493 e. The molecule has 1 aromatic rings. The fourth-order valence-corrected chi connectivity index (χ4v) is 2.93. The zero-order chi connectivity index (χ0) is 17.4. The van der Waals surface area contributed by atoms with Crippen molar-refractivity contribution in [1.82, 2.24) is 10.2 Å². The molecule has 0 aliphatic carbocycles. The Labute approximate surface area is 142 Å².